The van der Waals surface area contributed by atoms with Gasteiger partial charge in [0.1, 0.15) is 5.82 Å². The van der Waals surface area contributed by atoms with Crippen LogP contribution in [0.5, 0.6) is 0 Å². The van der Waals surface area contributed by atoms with Gasteiger partial charge >= 0.3 is 5.97 Å². The zero-order valence-corrected chi connectivity index (χ0v) is 18.8. The first-order chi connectivity index (χ1) is 16.0. The summed E-state index contributed by atoms with van der Waals surface area (Å²) in [6.45, 7) is 3.56. The standard InChI is InChI=1S/C27H27N3O3/c1-19(13-14-21-9-5-3-6-10-21)28-26(31)18-33-27(32)22-15-16-25-24(17-22)29-20(2)30(25)23-11-7-4-8-12-23/h3-12,15-17,19H,13-14,18H2,1-2H3,(H,28,31)/t19-/m0/s1. The SMILES string of the molecule is Cc1nc2cc(C(=O)OCC(=O)N[C@@H](C)CCc3ccccc3)ccc2n1-c1ccccc1. The predicted octanol–water partition coefficient (Wildman–Crippen LogP) is 4.63. The Balaban J connectivity index is 1.33. The summed E-state index contributed by atoms with van der Waals surface area (Å²) in [6, 6.07) is 25.3. The van der Waals surface area contributed by atoms with E-state index in [9.17, 15) is 9.59 Å². The van der Waals surface area contributed by atoms with Crippen molar-refractivity contribution in [1.29, 1.82) is 0 Å². The number of hydrogen-bond donors (Lipinski definition) is 1. The van der Waals surface area contributed by atoms with E-state index in [1.165, 1.54) is 5.56 Å². The first-order valence-corrected chi connectivity index (χ1v) is 11.1. The number of para-hydroxylation sites is 1. The molecule has 0 aliphatic carbocycles. The third-order valence-corrected chi connectivity index (χ3v) is 5.52. The number of hydrogen-bond acceptors (Lipinski definition) is 4. The highest BCUT2D eigenvalue weighted by Crippen LogP contribution is 2.22. The first kappa shape index (κ1) is 22.3. The average Bonchev–Trinajstić information content (AvgIpc) is 3.17. The molecule has 1 N–H and O–H groups in total. The summed E-state index contributed by atoms with van der Waals surface area (Å²) in [7, 11) is 0. The Kier molecular flexibility index (Phi) is 6.83. The van der Waals surface area contributed by atoms with E-state index in [1.54, 1.807) is 12.1 Å². The maximum absolute atomic E-state index is 12.5. The maximum Gasteiger partial charge on any atom is 0.338 e. The Morgan fingerprint density at radius 3 is 2.42 bits per heavy atom. The van der Waals surface area contributed by atoms with E-state index >= 15 is 0 Å². The minimum absolute atomic E-state index is 0.0160. The molecular formula is C27H27N3O3. The van der Waals surface area contributed by atoms with Crippen molar-refractivity contribution in [3.8, 4) is 5.69 Å². The van der Waals surface area contributed by atoms with Gasteiger partial charge in [-0.1, -0.05) is 48.5 Å². The van der Waals surface area contributed by atoms with Crippen LogP contribution in [0.25, 0.3) is 16.7 Å². The van der Waals surface area contributed by atoms with Gasteiger partial charge in [-0.15, -0.1) is 0 Å². The summed E-state index contributed by atoms with van der Waals surface area (Å²) in [5, 5.41) is 2.88. The van der Waals surface area contributed by atoms with Crippen molar-refractivity contribution in [3.05, 3.63) is 95.8 Å². The molecule has 0 aliphatic heterocycles. The van der Waals surface area contributed by atoms with E-state index in [0.717, 1.165) is 29.9 Å². The summed E-state index contributed by atoms with van der Waals surface area (Å²) in [5.74, 6) is -0.0318. The van der Waals surface area contributed by atoms with Crippen molar-refractivity contribution >= 4 is 22.9 Å². The van der Waals surface area contributed by atoms with E-state index in [1.807, 2.05) is 73.0 Å². The number of esters is 1. The highest BCUT2D eigenvalue weighted by atomic mass is 16.5. The summed E-state index contributed by atoms with van der Waals surface area (Å²) in [5.41, 5.74) is 4.20. The Bertz CT molecular complexity index is 1250. The van der Waals surface area contributed by atoms with Gasteiger partial charge in [-0.3, -0.25) is 9.36 Å². The second kappa shape index (κ2) is 10.1. The zero-order chi connectivity index (χ0) is 23.2. The van der Waals surface area contributed by atoms with Crippen molar-refractivity contribution < 1.29 is 14.3 Å². The molecule has 0 saturated heterocycles. The van der Waals surface area contributed by atoms with E-state index < -0.39 is 5.97 Å². The molecule has 1 amide bonds. The molecule has 33 heavy (non-hydrogen) atoms. The molecule has 3 aromatic carbocycles. The smallest absolute Gasteiger partial charge is 0.338 e. The van der Waals surface area contributed by atoms with Crippen LogP contribution in [-0.2, 0) is 16.0 Å². The lowest BCUT2D eigenvalue weighted by Crippen LogP contribution is -2.36. The fourth-order valence-electron chi connectivity index (χ4n) is 3.86. The lowest BCUT2D eigenvalue weighted by molar-refractivity contribution is -0.124. The molecule has 0 unspecified atom stereocenters. The van der Waals surface area contributed by atoms with Crippen LogP contribution >= 0.6 is 0 Å². The average molecular weight is 442 g/mol. The molecule has 1 heterocycles. The zero-order valence-electron chi connectivity index (χ0n) is 18.8. The lowest BCUT2D eigenvalue weighted by Gasteiger charge is -2.14. The minimum atomic E-state index is -0.545. The first-order valence-electron chi connectivity index (χ1n) is 11.1. The van der Waals surface area contributed by atoms with Gasteiger partial charge in [-0.05, 0) is 62.6 Å². The normalized spacial score (nSPS) is 11.8. The van der Waals surface area contributed by atoms with Gasteiger partial charge in [-0.25, -0.2) is 9.78 Å². The molecule has 0 radical (unpaired) electrons. The predicted molar refractivity (Wildman–Crippen MR) is 128 cm³/mol. The van der Waals surface area contributed by atoms with Crippen LogP contribution in [0.4, 0.5) is 0 Å². The third-order valence-electron chi connectivity index (χ3n) is 5.52. The molecule has 0 saturated carbocycles. The second-order valence-electron chi connectivity index (χ2n) is 8.10. The number of ether oxygens (including phenoxy) is 1. The summed E-state index contributed by atoms with van der Waals surface area (Å²) in [4.78, 5) is 29.3. The van der Waals surface area contributed by atoms with Gasteiger partial charge < -0.3 is 10.1 Å². The number of aryl methyl sites for hydroxylation is 2. The molecule has 6 heteroatoms. The highest BCUT2D eigenvalue weighted by molar-refractivity contribution is 5.95. The Labute approximate surface area is 193 Å². The molecule has 6 nitrogen and oxygen atoms in total. The van der Waals surface area contributed by atoms with E-state index in [0.29, 0.717) is 11.1 Å². The number of carbonyl (C=O) groups is 2. The maximum atomic E-state index is 12.5. The van der Waals surface area contributed by atoms with Crippen LogP contribution in [-0.4, -0.2) is 34.1 Å². The highest BCUT2D eigenvalue weighted by Gasteiger charge is 2.15. The van der Waals surface area contributed by atoms with Crippen molar-refractivity contribution in [3.63, 3.8) is 0 Å². The van der Waals surface area contributed by atoms with Gasteiger partial charge in [0.25, 0.3) is 5.91 Å². The molecule has 4 aromatic rings. The van der Waals surface area contributed by atoms with Crippen LogP contribution in [0, 0.1) is 6.92 Å². The van der Waals surface area contributed by atoms with Crippen LogP contribution < -0.4 is 5.32 Å². The molecule has 1 atom stereocenters. The summed E-state index contributed by atoms with van der Waals surface area (Å²) in [6.07, 6.45) is 1.68. The van der Waals surface area contributed by atoms with E-state index in [-0.39, 0.29) is 18.6 Å². The topological polar surface area (TPSA) is 73.2 Å². The molecule has 0 bridgehead atoms. The van der Waals surface area contributed by atoms with Gasteiger partial charge in [-0.2, -0.15) is 0 Å². The fraction of sp³-hybridized carbons (Fsp3) is 0.222. The van der Waals surface area contributed by atoms with Crippen molar-refractivity contribution in [1.82, 2.24) is 14.9 Å². The number of nitrogens with one attached hydrogen (secondary N) is 1. The van der Waals surface area contributed by atoms with E-state index in [4.69, 9.17) is 4.74 Å². The van der Waals surface area contributed by atoms with Crippen LogP contribution in [0.3, 0.4) is 0 Å². The number of amides is 1. The van der Waals surface area contributed by atoms with Gasteiger partial charge in [0.15, 0.2) is 6.61 Å². The summed E-state index contributed by atoms with van der Waals surface area (Å²) < 4.78 is 7.28. The van der Waals surface area contributed by atoms with Gasteiger partial charge in [0.2, 0.25) is 0 Å². The van der Waals surface area contributed by atoms with Crippen LogP contribution in [0.2, 0.25) is 0 Å². The van der Waals surface area contributed by atoms with Crippen molar-refractivity contribution in [2.45, 2.75) is 32.7 Å². The van der Waals surface area contributed by atoms with Crippen molar-refractivity contribution in [2.75, 3.05) is 6.61 Å². The monoisotopic (exact) mass is 441 g/mol. The van der Waals surface area contributed by atoms with Gasteiger partial charge in [0.05, 0.1) is 16.6 Å². The molecular weight excluding hydrogens is 414 g/mol. The van der Waals surface area contributed by atoms with Crippen LogP contribution in [0.1, 0.15) is 35.1 Å². The van der Waals surface area contributed by atoms with E-state index in [2.05, 4.69) is 22.4 Å². The van der Waals surface area contributed by atoms with Gasteiger partial charge in [0, 0.05) is 11.7 Å². The Hall–Kier alpha value is -3.93. The number of rotatable bonds is 8. The van der Waals surface area contributed by atoms with Crippen molar-refractivity contribution in [2.24, 2.45) is 0 Å². The number of imidazole rings is 1. The number of nitrogens with zero attached hydrogens (tertiary/aromatic N) is 2. The molecule has 1 aromatic heterocycles. The lowest BCUT2D eigenvalue weighted by atomic mass is 10.1. The molecule has 0 aliphatic rings. The largest absolute Gasteiger partial charge is 0.452 e. The second-order valence-corrected chi connectivity index (χ2v) is 8.10. The molecule has 168 valence electrons. The fourth-order valence-corrected chi connectivity index (χ4v) is 3.86. The quantitative estimate of drug-likeness (QED) is 0.405. The number of fused-ring (bicyclic) bond motifs is 1. The number of benzene rings is 3. The summed E-state index contributed by atoms with van der Waals surface area (Å²) >= 11 is 0. The Morgan fingerprint density at radius 2 is 1.70 bits per heavy atom. The third kappa shape index (κ3) is 5.47. The molecule has 0 spiro atoms. The number of aromatic nitrogens is 2. The minimum Gasteiger partial charge on any atom is -0.452 e. The Morgan fingerprint density at radius 1 is 1.00 bits per heavy atom. The van der Waals surface area contributed by atoms with Crippen LogP contribution in [0.15, 0.2) is 78.9 Å². The molecule has 0 fully saturated rings. The molecule has 4 rings (SSSR count). The number of carbonyl (C=O) groups excluding carboxylic acids is 2.